The van der Waals surface area contributed by atoms with E-state index in [9.17, 15) is 9.59 Å². The molecule has 3 aromatic rings. The quantitative estimate of drug-likeness (QED) is 0.731. The molecule has 1 fully saturated rings. The molecule has 28 heavy (non-hydrogen) atoms. The molecule has 0 saturated carbocycles. The largest absolute Gasteiger partial charge is 0.338 e. The molecule has 0 radical (unpaired) electrons. The van der Waals surface area contributed by atoms with Crippen molar-refractivity contribution in [2.45, 2.75) is 19.8 Å². The first kappa shape index (κ1) is 18.3. The highest BCUT2D eigenvalue weighted by Crippen LogP contribution is 2.23. The fourth-order valence-corrected chi connectivity index (χ4v) is 4.10. The summed E-state index contributed by atoms with van der Waals surface area (Å²) >= 11 is 1.45. The van der Waals surface area contributed by atoms with Crippen LogP contribution in [-0.2, 0) is 4.79 Å². The molecule has 1 N–H and O–H groups in total. The summed E-state index contributed by atoms with van der Waals surface area (Å²) in [6.07, 6.45) is 2.88. The number of tetrazole rings is 1. The summed E-state index contributed by atoms with van der Waals surface area (Å²) in [5, 5.41) is 16.1. The van der Waals surface area contributed by atoms with E-state index in [-0.39, 0.29) is 17.7 Å². The Labute approximate surface area is 166 Å². The summed E-state index contributed by atoms with van der Waals surface area (Å²) in [6.45, 7) is 3.15. The number of nitrogens with zero attached hydrogens (tertiary/aromatic N) is 5. The SMILES string of the molecule is Cc1cc(NC(=O)C2CCN(C(=O)c3cccs3)CC2)ccc1-n1cnnn1. The minimum absolute atomic E-state index is 0.00204. The first-order valence-electron chi connectivity index (χ1n) is 9.09. The van der Waals surface area contributed by atoms with Crippen LogP contribution in [0.1, 0.15) is 28.1 Å². The van der Waals surface area contributed by atoms with Gasteiger partial charge < -0.3 is 10.2 Å². The zero-order valence-electron chi connectivity index (χ0n) is 15.4. The average Bonchev–Trinajstić information content (AvgIpc) is 3.42. The van der Waals surface area contributed by atoms with E-state index in [4.69, 9.17) is 0 Å². The average molecular weight is 396 g/mol. The lowest BCUT2D eigenvalue weighted by Crippen LogP contribution is -2.41. The molecule has 0 atom stereocenters. The molecule has 2 amide bonds. The monoisotopic (exact) mass is 396 g/mol. The normalized spacial score (nSPS) is 14.8. The second-order valence-electron chi connectivity index (χ2n) is 6.79. The number of carbonyl (C=O) groups excluding carboxylic acids is 2. The first-order chi connectivity index (χ1) is 13.6. The van der Waals surface area contributed by atoms with Gasteiger partial charge in [-0.2, -0.15) is 0 Å². The number of likely N-dealkylation sites (tertiary alicyclic amines) is 1. The predicted octanol–water partition coefficient (Wildman–Crippen LogP) is 2.52. The van der Waals surface area contributed by atoms with Crippen molar-refractivity contribution in [3.05, 3.63) is 52.5 Å². The molecule has 9 heteroatoms. The topological polar surface area (TPSA) is 93.0 Å². The van der Waals surface area contributed by atoms with Gasteiger partial charge in [-0.15, -0.1) is 16.4 Å². The summed E-state index contributed by atoms with van der Waals surface area (Å²) in [6, 6.07) is 9.35. The van der Waals surface area contributed by atoms with Gasteiger partial charge >= 0.3 is 0 Å². The summed E-state index contributed by atoms with van der Waals surface area (Å²) in [5.74, 6) is -0.0349. The minimum atomic E-state index is -0.0908. The number of aryl methyl sites for hydroxylation is 1. The number of hydrogen-bond donors (Lipinski definition) is 1. The third kappa shape index (κ3) is 3.79. The van der Waals surface area contributed by atoms with Gasteiger partial charge in [-0.05, 0) is 65.4 Å². The van der Waals surface area contributed by atoms with Crippen LogP contribution in [0.3, 0.4) is 0 Å². The highest BCUT2D eigenvalue weighted by molar-refractivity contribution is 7.12. The van der Waals surface area contributed by atoms with Crippen LogP contribution in [0.2, 0.25) is 0 Å². The highest BCUT2D eigenvalue weighted by atomic mass is 32.1. The maximum Gasteiger partial charge on any atom is 0.263 e. The van der Waals surface area contributed by atoms with Crippen molar-refractivity contribution in [2.75, 3.05) is 18.4 Å². The van der Waals surface area contributed by atoms with E-state index < -0.39 is 0 Å². The lowest BCUT2D eigenvalue weighted by molar-refractivity contribution is -0.121. The zero-order valence-corrected chi connectivity index (χ0v) is 16.2. The Morgan fingerprint density at radius 3 is 2.68 bits per heavy atom. The number of piperidine rings is 1. The van der Waals surface area contributed by atoms with Crippen molar-refractivity contribution in [1.29, 1.82) is 0 Å². The van der Waals surface area contributed by atoms with Gasteiger partial charge in [0.2, 0.25) is 5.91 Å². The number of anilines is 1. The van der Waals surface area contributed by atoms with Crippen LogP contribution >= 0.6 is 11.3 Å². The van der Waals surface area contributed by atoms with E-state index in [1.54, 1.807) is 4.68 Å². The van der Waals surface area contributed by atoms with Crippen molar-refractivity contribution in [2.24, 2.45) is 5.92 Å². The molecule has 0 spiro atoms. The summed E-state index contributed by atoms with van der Waals surface area (Å²) in [7, 11) is 0. The van der Waals surface area contributed by atoms with Crippen molar-refractivity contribution in [3.63, 3.8) is 0 Å². The predicted molar refractivity (Wildman–Crippen MR) is 105 cm³/mol. The number of thiophene rings is 1. The second-order valence-corrected chi connectivity index (χ2v) is 7.74. The smallest absolute Gasteiger partial charge is 0.263 e. The molecule has 0 bridgehead atoms. The fourth-order valence-electron chi connectivity index (χ4n) is 3.41. The van der Waals surface area contributed by atoms with Crippen LogP contribution < -0.4 is 5.32 Å². The van der Waals surface area contributed by atoms with E-state index in [1.165, 1.54) is 17.7 Å². The van der Waals surface area contributed by atoms with Crippen LogP contribution in [0.5, 0.6) is 0 Å². The van der Waals surface area contributed by atoms with Gasteiger partial charge in [0.25, 0.3) is 5.91 Å². The molecule has 1 aliphatic heterocycles. The summed E-state index contributed by atoms with van der Waals surface area (Å²) in [5.41, 5.74) is 2.57. The number of amides is 2. The van der Waals surface area contributed by atoms with Gasteiger partial charge in [0.1, 0.15) is 6.33 Å². The Hall–Kier alpha value is -3.07. The lowest BCUT2D eigenvalue weighted by atomic mass is 9.95. The molecule has 8 nitrogen and oxygen atoms in total. The van der Waals surface area contributed by atoms with Crippen molar-refractivity contribution in [1.82, 2.24) is 25.1 Å². The number of nitrogens with one attached hydrogen (secondary N) is 1. The molecule has 1 saturated heterocycles. The third-order valence-corrected chi connectivity index (χ3v) is 5.80. The second kappa shape index (κ2) is 7.89. The van der Waals surface area contributed by atoms with Crippen LogP contribution in [0.25, 0.3) is 5.69 Å². The van der Waals surface area contributed by atoms with Crippen molar-refractivity contribution in [3.8, 4) is 5.69 Å². The Balaban J connectivity index is 1.35. The molecule has 2 aromatic heterocycles. The molecule has 0 unspecified atom stereocenters. The lowest BCUT2D eigenvalue weighted by Gasteiger charge is -2.31. The van der Waals surface area contributed by atoms with E-state index in [0.717, 1.165) is 21.8 Å². The van der Waals surface area contributed by atoms with Gasteiger partial charge in [0.15, 0.2) is 0 Å². The first-order valence-corrected chi connectivity index (χ1v) is 9.97. The highest BCUT2D eigenvalue weighted by Gasteiger charge is 2.28. The van der Waals surface area contributed by atoms with E-state index in [0.29, 0.717) is 25.9 Å². The van der Waals surface area contributed by atoms with Gasteiger partial charge in [0, 0.05) is 24.7 Å². The number of rotatable bonds is 4. The van der Waals surface area contributed by atoms with Gasteiger partial charge in [-0.3, -0.25) is 9.59 Å². The Morgan fingerprint density at radius 2 is 2.04 bits per heavy atom. The zero-order chi connectivity index (χ0) is 19.5. The fraction of sp³-hybridized carbons (Fsp3) is 0.316. The Kier molecular flexibility index (Phi) is 5.16. The Bertz CT molecular complexity index is 962. The summed E-state index contributed by atoms with van der Waals surface area (Å²) in [4.78, 5) is 27.6. The number of carbonyl (C=O) groups is 2. The van der Waals surface area contributed by atoms with E-state index in [1.807, 2.05) is 47.5 Å². The van der Waals surface area contributed by atoms with E-state index in [2.05, 4.69) is 20.8 Å². The number of hydrogen-bond acceptors (Lipinski definition) is 6. The minimum Gasteiger partial charge on any atom is -0.338 e. The van der Waals surface area contributed by atoms with E-state index >= 15 is 0 Å². The van der Waals surface area contributed by atoms with Crippen LogP contribution in [0.4, 0.5) is 5.69 Å². The summed E-state index contributed by atoms with van der Waals surface area (Å²) < 4.78 is 1.58. The van der Waals surface area contributed by atoms with Gasteiger partial charge in [0.05, 0.1) is 10.6 Å². The van der Waals surface area contributed by atoms with Gasteiger partial charge in [-0.25, -0.2) is 4.68 Å². The van der Waals surface area contributed by atoms with Crippen LogP contribution in [-0.4, -0.2) is 50.0 Å². The number of aromatic nitrogens is 4. The molecule has 144 valence electrons. The van der Waals surface area contributed by atoms with Crippen molar-refractivity contribution < 1.29 is 9.59 Å². The van der Waals surface area contributed by atoms with Gasteiger partial charge in [-0.1, -0.05) is 6.07 Å². The molecule has 4 rings (SSSR count). The molecule has 1 aliphatic rings. The number of benzene rings is 1. The maximum atomic E-state index is 12.6. The molecule has 1 aromatic carbocycles. The molecule has 0 aliphatic carbocycles. The Morgan fingerprint density at radius 1 is 1.21 bits per heavy atom. The molecular weight excluding hydrogens is 376 g/mol. The maximum absolute atomic E-state index is 12.6. The van der Waals surface area contributed by atoms with Crippen LogP contribution in [0, 0.1) is 12.8 Å². The third-order valence-electron chi connectivity index (χ3n) is 4.95. The van der Waals surface area contributed by atoms with Crippen LogP contribution in [0.15, 0.2) is 42.0 Å². The molecule has 3 heterocycles. The molecular formula is C19H20N6O2S. The standard InChI is InChI=1S/C19H20N6O2S/c1-13-11-15(4-5-16(13)25-12-20-22-23-25)21-18(26)14-6-8-24(9-7-14)19(27)17-3-2-10-28-17/h2-5,10-12,14H,6-9H2,1H3,(H,21,26). The van der Waals surface area contributed by atoms with Crippen molar-refractivity contribution >= 4 is 28.8 Å².